The van der Waals surface area contributed by atoms with Crippen molar-refractivity contribution in [2.75, 3.05) is 24.4 Å². The minimum atomic E-state index is -0.334. The minimum Gasteiger partial charge on any atom is -0.497 e. The number of carbonyl (C=O) groups excluding carboxylic acids is 2. The van der Waals surface area contributed by atoms with Crippen molar-refractivity contribution in [2.45, 2.75) is 0 Å². The molecule has 0 aliphatic carbocycles. The van der Waals surface area contributed by atoms with Crippen molar-refractivity contribution < 1.29 is 19.1 Å². The smallest absolute Gasteiger partial charge is 0.262 e. The summed E-state index contributed by atoms with van der Waals surface area (Å²) < 4.78 is 10.5. The summed E-state index contributed by atoms with van der Waals surface area (Å²) in [4.78, 5) is 24.3. The first-order chi connectivity index (χ1) is 14.0. The number of ether oxygens (including phenoxy) is 2. The Bertz CT molecular complexity index is 988. The van der Waals surface area contributed by atoms with Crippen molar-refractivity contribution in [3.8, 4) is 11.5 Å². The third kappa shape index (κ3) is 5.73. The molecule has 0 aromatic heterocycles. The lowest BCUT2D eigenvalue weighted by Crippen LogP contribution is -2.20. The number of hydrogen-bond acceptors (Lipinski definition) is 4. The molecule has 0 aliphatic rings. The van der Waals surface area contributed by atoms with Gasteiger partial charge in [-0.15, -0.1) is 0 Å². The van der Waals surface area contributed by atoms with Crippen molar-refractivity contribution in [3.05, 3.63) is 83.4 Å². The lowest BCUT2D eigenvalue weighted by atomic mass is 10.2. The van der Waals surface area contributed by atoms with Gasteiger partial charge in [-0.05, 0) is 60.7 Å². The van der Waals surface area contributed by atoms with E-state index in [1.54, 1.807) is 79.9 Å². The number of hydrogen-bond donors (Lipinski definition) is 2. The maximum Gasteiger partial charge on any atom is 0.262 e. The van der Waals surface area contributed by atoms with Crippen LogP contribution in [-0.2, 0) is 4.79 Å². The number of rotatable bonds is 7. The topological polar surface area (TPSA) is 76.7 Å². The van der Waals surface area contributed by atoms with Gasteiger partial charge < -0.3 is 20.1 Å². The molecular formula is C22H19ClN2O4. The summed E-state index contributed by atoms with van der Waals surface area (Å²) in [5.74, 6) is 0.598. The summed E-state index contributed by atoms with van der Waals surface area (Å²) in [6, 6.07) is 20.5. The van der Waals surface area contributed by atoms with Crippen LogP contribution in [0.25, 0.3) is 0 Å². The Hall–Kier alpha value is -3.51. The molecule has 7 heteroatoms. The van der Waals surface area contributed by atoms with Gasteiger partial charge >= 0.3 is 0 Å². The zero-order valence-corrected chi connectivity index (χ0v) is 16.4. The molecule has 0 radical (unpaired) electrons. The highest BCUT2D eigenvalue weighted by molar-refractivity contribution is 6.33. The van der Waals surface area contributed by atoms with E-state index in [4.69, 9.17) is 21.1 Å². The minimum absolute atomic E-state index is 0.178. The van der Waals surface area contributed by atoms with Gasteiger partial charge in [0.1, 0.15) is 11.5 Å². The normalized spacial score (nSPS) is 10.1. The fourth-order valence-corrected chi connectivity index (χ4v) is 2.66. The van der Waals surface area contributed by atoms with E-state index >= 15 is 0 Å². The SMILES string of the molecule is COc1ccc(NC(=O)c2ccc(OCC(=O)Nc3ccccc3Cl)cc2)cc1. The Balaban J connectivity index is 1.52. The third-order valence-corrected chi connectivity index (χ3v) is 4.31. The van der Waals surface area contributed by atoms with Crippen molar-refractivity contribution in [3.63, 3.8) is 0 Å². The van der Waals surface area contributed by atoms with Gasteiger partial charge in [-0.3, -0.25) is 9.59 Å². The van der Waals surface area contributed by atoms with E-state index in [0.717, 1.165) is 0 Å². The molecule has 0 heterocycles. The lowest BCUT2D eigenvalue weighted by Gasteiger charge is -2.09. The molecule has 0 spiro atoms. The molecule has 148 valence electrons. The summed E-state index contributed by atoms with van der Waals surface area (Å²) in [7, 11) is 1.58. The molecule has 3 aromatic carbocycles. The van der Waals surface area contributed by atoms with Crippen LogP contribution in [0.3, 0.4) is 0 Å². The quantitative estimate of drug-likeness (QED) is 0.596. The van der Waals surface area contributed by atoms with Crippen LogP contribution in [0.4, 0.5) is 11.4 Å². The predicted molar refractivity (Wildman–Crippen MR) is 113 cm³/mol. The molecule has 0 saturated heterocycles. The molecule has 0 unspecified atom stereocenters. The summed E-state index contributed by atoms with van der Waals surface area (Å²) in [6.45, 7) is -0.178. The van der Waals surface area contributed by atoms with Gasteiger partial charge in [-0.1, -0.05) is 23.7 Å². The molecule has 2 N–H and O–H groups in total. The zero-order chi connectivity index (χ0) is 20.6. The number of halogens is 1. The van der Waals surface area contributed by atoms with Crippen LogP contribution in [0.2, 0.25) is 5.02 Å². The van der Waals surface area contributed by atoms with E-state index < -0.39 is 0 Å². The largest absolute Gasteiger partial charge is 0.497 e. The van der Waals surface area contributed by atoms with Crippen LogP contribution in [-0.4, -0.2) is 25.5 Å². The van der Waals surface area contributed by atoms with Crippen molar-refractivity contribution in [1.82, 2.24) is 0 Å². The summed E-state index contributed by atoms with van der Waals surface area (Å²) in [5.41, 5.74) is 1.65. The number of methoxy groups -OCH3 is 1. The second-order valence-corrected chi connectivity index (χ2v) is 6.43. The first kappa shape index (κ1) is 20.2. The molecule has 3 aromatic rings. The number of anilines is 2. The monoisotopic (exact) mass is 410 g/mol. The molecule has 0 saturated carbocycles. The Morgan fingerprint density at radius 1 is 0.862 bits per heavy atom. The van der Waals surface area contributed by atoms with Crippen LogP contribution >= 0.6 is 11.6 Å². The lowest BCUT2D eigenvalue weighted by molar-refractivity contribution is -0.118. The summed E-state index contributed by atoms with van der Waals surface area (Å²) >= 11 is 6.01. The molecule has 0 fully saturated rings. The van der Waals surface area contributed by atoms with E-state index in [9.17, 15) is 9.59 Å². The van der Waals surface area contributed by atoms with Crippen LogP contribution in [0.15, 0.2) is 72.8 Å². The number of carbonyl (C=O) groups is 2. The molecule has 6 nitrogen and oxygen atoms in total. The van der Waals surface area contributed by atoms with Gasteiger partial charge in [0.05, 0.1) is 17.8 Å². The Morgan fingerprint density at radius 2 is 1.52 bits per heavy atom. The van der Waals surface area contributed by atoms with E-state index in [1.807, 2.05) is 0 Å². The highest BCUT2D eigenvalue weighted by Crippen LogP contribution is 2.21. The number of nitrogens with one attached hydrogen (secondary N) is 2. The second-order valence-electron chi connectivity index (χ2n) is 6.02. The maximum absolute atomic E-state index is 12.3. The molecule has 2 amide bonds. The Kier molecular flexibility index (Phi) is 6.71. The van der Waals surface area contributed by atoms with E-state index in [1.165, 1.54) is 0 Å². The van der Waals surface area contributed by atoms with E-state index in [2.05, 4.69) is 10.6 Å². The standard InChI is InChI=1S/C22H19ClN2O4/c1-28-17-12-8-16(9-13-17)24-22(27)15-6-10-18(11-7-15)29-14-21(26)25-20-5-3-2-4-19(20)23/h2-13H,14H2,1H3,(H,24,27)(H,25,26). The number of benzene rings is 3. The molecule has 29 heavy (non-hydrogen) atoms. The molecular weight excluding hydrogens is 392 g/mol. The summed E-state index contributed by atoms with van der Waals surface area (Å²) in [6.07, 6.45) is 0. The number of para-hydroxylation sites is 1. The van der Waals surface area contributed by atoms with Crippen molar-refractivity contribution in [2.24, 2.45) is 0 Å². The van der Waals surface area contributed by atoms with E-state index in [-0.39, 0.29) is 18.4 Å². The Morgan fingerprint density at radius 3 is 2.17 bits per heavy atom. The van der Waals surface area contributed by atoms with Gasteiger partial charge in [0.2, 0.25) is 0 Å². The Labute approximate surface area is 173 Å². The molecule has 3 rings (SSSR count). The van der Waals surface area contributed by atoms with Gasteiger partial charge in [-0.2, -0.15) is 0 Å². The van der Waals surface area contributed by atoms with Crippen LogP contribution in [0.5, 0.6) is 11.5 Å². The zero-order valence-electron chi connectivity index (χ0n) is 15.6. The maximum atomic E-state index is 12.3. The predicted octanol–water partition coefficient (Wildman–Crippen LogP) is 4.62. The van der Waals surface area contributed by atoms with Crippen LogP contribution < -0.4 is 20.1 Å². The van der Waals surface area contributed by atoms with Gasteiger partial charge in [-0.25, -0.2) is 0 Å². The van der Waals surface area contributed by atoms with Crippen molar-refractivity contribution >= 4 is 34.8 Å². The first-order valence-electron chi connectivity index (χ1n) is 8.78. The fourth-order valence-electron chi connectivity index (χ4n) is 2.48. The average Bonchev–Trinajstić information content (AvgIpc) is 2.75. The average molecular weight is 411 g/mol. The molecule has 0 atom stereocenters. The fraction of sp³-hybridized carbons (Fsp3) is 0.0909. The highest BCUT2D eigenvalue weighted by Gasteiger charge is 2.09. The van der Waals surface area contributed by atoms with Crippen molar-refractivity contribution in [1.29, 1.82) is 0 Å². The molecule has 0 aliphatic heterocycles. The highest BCUT2D eigenvalue weighted by atomic mass is 35.5. The molecule has 0 bridgehead atoms. The van der Waals surface area contributed by atoms with Gasteiger partial charge in [0.15, 0.2) is 6.61 Å². The van der Waals surface area contributed by atoms with Crippen LogP contribution in [0.1, 0.15) is 10.4 Å². The first-order valence-corrected chi connectivity index (χ1v) is 9.15. The second kappa shape index (κ2) is 9.61. The van der Waals surface area contributed by atoms with Gasteiger partial charge in [0.25, 0.3) is 11.8 Å². The summed E-state index contributed by atoms with van der Waals surface area (Å²) in [5, 5.41) is 5.93. The van der Waals surface area contributed by atoms with Gasteiger partial charge in [0, 0.05) is 11.3 Å². The third-order valence-electron chi connectivity index (χ3n) is 3.98. The van der Waals surface area contributed by atoms with E-state index in [0.29, 0.717) is 33.5 Å². The van der Waals surface area contributed by atoms with Crippen LogP contribution in [0, 0.1) is 0 Å². The number of amides is 2.